The van der Waals surface area contributed by atoms with Crippen LogP contribution in [0.25, 0.3) is 0 Å². The fourth-order valence-electron chi connectivity index (χ4n) is 5.19. The van der Waals surface area contributed by atoms with Crippen molar-refractivity contribution in [2.45, 2.75) is 83.6 Å². The van der Waals surface area contributed by atoms with E-state index in [1.807, 2.05) is 68.6 Å². The van der Waals surface area contributed by atoms with E-state index in [0.717, 1.165) is 36.1 Å². The molecule has 0 bridgehead atoms. The average Bonchev–Trinajstić information content (AvgIpc) is 2.99. The predicted octanol–water partition coefficient (Wildman–Crippen LogP) is 4.36. The fraction of sp³-hybridized carbons (Fsp3) is 0.576. The Morgan fingerprint density at radius 1 is 0.976 bits per heavy atom. The number of hydrogen-bond acceptors (Lipinski definition) is 6. The second kappa shape index (κ2) is 17.1. The highest BCUT2D eigenvalue weighted by molar-refractivity contribution is 5.90. The number of hydrogen-bond donors (Lipinski definition) is 2. The molecule has 1 saturated heterocycles. The molecule has 8 heteroatoms. The minimum absolute atomic E-state index is 0.115. The molecule has 3 rings (SSSR count). The van der Waals surface area contributed by atoms with Crippen LogP contribution in [0.15, 0.2) is 54.6 Å². The molecule has 0 spiro atoms. The summed E-state index contributed by atoms with van der Waals surface area (Å²) in [5.74, 6) is 0.762. The molecule has 3 atom stereocenters. The lowest BCUT2D eigenvalue weighted by Gasteiger charge is -2.37. The van der Waals surface area contributed by atoms with E-state index < -0.39 is 6.04 Å². The Balaban J connectivity index is 1.74. The van der Waals surface area contributed by atoms with Gasteiger partial charge in [0.1, 0.15) is 18.4 Å². The summed E-state index contributed by atoms with van der Waals surface area (Å²) in [4.78, 5) is 29.5. The van der Waals surface area contributed by atoms with Crippen LogP contribution in [0.2, 0.25) is 0 Å². The number of benzene rings is 2. The lowest BCUT2D eigenvalue weighted by atomic mass is 9.97. The van der Waals surface area contributed by atoms with Crippen LogP contribution < -0.4 is 15.4 Å². The molecular formula is C33H49N3O5. The highest BCUT2D eigenvalue weighted by Gasteiger charge is 2.33. The summed E-state index contributed by atoms with van der Waals surface area (Å²) in [7, 11) is 3.65. The van der Waals surface area contributed by atoms with Gasteiger partial charge in [0.15, 0.2) is 0 Å². The smallest absolute Gasteiger partial charge is 0.243 e. The molecule has 8 nitrogen and oxygen atoms in total. The molecule has 1 heterocycles. The van der Waals surface area contributed by atoms with Crippen LogP contribution in [0.4, 0.5) is 0 Å². The maximum Gasteiger partial charge on any atom is 0.243 e. The second-order valence-corrected chi connectivity index (χ2v) is 11.4. The number of amides is 2. The minimum atomic E-state index is -0.720. The van der Waals surface area contributed by atoms with Crippen molar-refractivity contribution in [2.75, 3.05) is 34.0 Å². The maximum atomic E-state index is 13.8. The van der Waals surface area contributed by atoms with Gasteiger partial charge in [-0.2, -0.15) is 0 Å². The Hall–Kier alpha value is -2.94. The van der Waals surface area contributed by atoms with Crippen LogP contribution in [0.3, 0.4) is 0 Å². The molecule has 2 amide bonds. The van der Waals surface area contributed by atoms with Crippen molar-refractivity contribution in [1.82, 2.24) is 15.5 Å². The van der Waals surface area contributed by atoms with Gasteiger partial charge in [0.2, 0.25) is 11.8 Å². The zero-order valence-corrected chi connectivity index (χ0v) is 25.4. The quantitative estimate of drug-likeness (QED) is 0.313. The van der Waals surface area contributed by atoms with Crippen molar-refractivity contribution in [2.24, 2.45) is 5.92 Å². The van der Waals surface area contributed by atoms with Gasteiger partial charge in [-0.1, -0.05) is 63.2 Å². The second-order valence-electron chi connectivity index (χ2n) is 11.4. The van der Waals surface area contributed by atoms with E-state index in [4.69, 9.17) is 14.2 Å². The standard InChI is InChI=1S/C33H49N3O5/c1-6-27(23-39-5)34-32(37)30(21-25-12-14-29(15-13-25)41-22-26-10-8-7-9-11-26)35-33(38)31(20-24(2)3)36(4)28-16-18-40-19-17-28/h7-15,24,27-28,30-31H,6,16-23H2,1-5H3,(H,34,37)(H,35,38). The van der Waals surface area contributed by atoms with Crippen LogP contribution >= 0.6 is 0 Å². The highest BCUT2D eigenvalue weighted by Crippen LogP contribution is 2.21. The van der Waals surface area contributed by atoms with E-state index in [1.165, 1.54) is 0 Å². The number of rotatable bonds is 16. The van der Waals surface area contributed by atoms with Gasteiger partial charge in [-0.05, 0) is 61.9 Å². The van der Waals surface area contributed by atoms with E-state index >= 15 is 0 Å². The van der Waals surface area contributed by atoms with Gasteiger partial charge in [-0.25, -0.2) is 0 Å². The zero-order chi connectivity index (χ0) is 29.6. The van der Waals surface area contributed by atoms with Crippen LogP contribution in [0.5, 0.6) is 5.75 Å². The van der Waals surface area contributed by atoms with Gasteiger partial charge in [0.05, 0.1) is 18.7 Å². The van der Waals surface area contributed by atoms with Crippen molar-refractivity contribution in [3.63, 3.8) is 0 Å². The molecule has 1 fully saturated rings. The lowest BCUT2D eigenvalue weighted by Crippen LogP contribution is -2.57. The molecule has 2 aromatic carbocycles. The molecule has 41 heavy (non-hydrogen) atoms. The Labute approximate surface area is 246 Å². The molecule has 0 saturated carbocycles. The van der Waals surface area contributed by atoms with Gasteiger partial charge in [-0.15, -0.1) is 0 Å². The Morgan fingerprint density at radius 3 is 2.27 bits per heavy atom. The van der Waals surface area contributed by atoms with E-state index in [2.05, 4.69) is 29.4 Å². The fourth-order valence-corrected chi connectivity index (χ4v) is 5.19. The van der Waals surface area contributed by atoms with Crippen LogP contribution in [-0.4, -0.2) is 74.9 Å². The van der Waals surface area contributed by atoms with Gasteiger partial charge < -0.3 is 24.8 Å². The van der Waals surface area contributed by atoms with Crippen LogP contribution in [-0.2, 0) is 32.1 Å². The summed E-state index contributed by atoms with van der Waals surface area (Å²) in [6.07, 6.45) is 3.61. The number of nitrogens with zero attached hydrogens (tertiary/aromatic N) is 1. The van der Waals surface area contributed by atoms with E-state index in [1.54, 1.807) is 7.11 Å². The Morgan fingerprint density at radius 2 is 1.66 bits per heavy atom. The van der Waals surface area contributed by atoms with E-state index in [-0.39, 0.29) is 29.9 Å². The molecule has 0 radical (unpaired) electrons. The molecular weight excluding hydrogens is 518 g/mol. The number of ether oxygens (including phenoxy) is 3. The molecule has 2 aromatic rings. The first kappa shape index (κ1) is 32.6. The largest absolute Gasteiger partial charge is 0.489 e. The van der Waals surface area contributed by atoms with Gasteiger partial charge in [-0.3, -0.25) is 14.5 Å². The number of methoxy groups -OCH3 is 1. The molecule has 0 aromatic heterocycles. The number of likely N-dealkylation sites (N-methyl/N-ethyl adjacent to an activating group) is 1. The maximum absolute atomic E-state index is 13.8. The third-order valence-electron chi connectivity index (χ3n) is 7.71. The topological polar surface area (TPSA) is 89.1 Å². The number of carbonyl (C=O) groups excluding carboxylic acids is 2. The zero-order valence-electron chi connectivity index (χ0n) is 25.4. The molecule has 0 aliphatic carbocycles. The SMILES string of the molecule is CCC(COC)NC(=O)C(Cc1ccc(OCc2ccccc2)cc1)NC(=O)C(CC(C)C)N(C)C1CCOCC1. The number of nitrogens with one attached hydrogen (secondary N) is 2. The first-order chi connectivity index (χ1) is 19.8. The summed E-state index contributed by atoms with van der Waals surface area (Å²) in [6, 6.07) is 16.9. The molecule has 1 aliphatic rings. The predicted molar refractivity (Wildman–Crippen MR) is 162 cm³/mol. The number of carbonyl (C=O) groups is 2. The highest BCUT2D eigenvalue weighted by atomic mass is 16.5. The van der Waals surface area contributed by atoms with E-state index in [9.17, 15) is 9.59 Å². The molecule has 2 N–H and O–H groups in total. The first-order valence-corrected chi connectivity index (χ1v) is 15.0. The van der Waals surface area contributed by atoms with Crippen molar-refractivity contribution in [1.29, 1.82) is 0 Å². The van der Waals surface area contributed by atoms with Crippen molar-refractivity contribution in [3.8, 4) is 5.75 Å². The van der Waals surface area contributed by atoms with Crippen molar-refractivity contribution in [3.05, 3.63) is 65.7 Å². The minimum Gasteiger partial charge on any atom is -0.489 e. The summed E-state index contributed by atoms with van der Waals surface area (Å²) < 4.78 is 16.8. The Kier molecular flexibility index (Phi) is 13.6. The Bertz CT molecular complexity index is 1040. The first-order valence-electron chi connectivity index (χ1n) is 15.0. The third kappa shape index (κ3) is 10.8. The molecule has 226 valence electrons. The van der Waals surface area contributed by atoms with Gasteiger partial charge >= 0.3 is 0 Å². The van der Waals surface area contributed by atoms with Gasteiger partial charge in [0, 0.05) is 32.8 Å². The third-order valence-corrected chi connectivity index (χ3v) is 7.71. The summed E-state index contributed by atoms with van der Waals surface area (Å²) in [6.45, 7) is 8.57. The summed E-state index contributed by atoms with van der Waals surface area (Å²) in [5.41, 5.74) is 2.04. The normalized spacial score (nSPS) is 16.3. The summed E-state index contributed by atoms with van der Waals surface area (Å²) in [5, 5.41) is 6.21. The van der Waals surface area contributed by atoms with Crippen LogP contribution in [0.1, 0.15) is 57.6 Å². The summed E-state index contributed by atoms with van der Waals surface area (Å²) >= 11 is 0. The van der Waals surface area contributed by atoms with Crippen molar-refractivity contribution < 1.29 is 23.8 Å². The average molecular weight is 568 g/mol. The van der Waals surface area contributed by atoms with Crippen molar-refractivity contribution >= 4 is 11.8 Å². The van der Waals surface area contributed by atoms with Gasteiger partial charge in [0.25, 0.3) is 0 Å². The van der Waals surface area contributed by atoms with E-state index in [0.29, 0.717) is 45.2 Å². The monoisotopic (exact) mass is 567 g/mol. The molecule has 3 unspecified atom stereocenters. The van der Waals surface area contributed by atoms with Crippen LogP contribution in [0, 0.1) is 5.92 Å². The lowest BCUT2D eigenvalue weighted by molar-refractivity contribution is -0.133. The molecule has 1 aliphatic heterocycles.